The Morgan fingerprint density at radius 3 is 2.41 bits per heavy atom. The third-order valence-corrected chi connectivity index (χ3v) is 5.29. The lowest BCUT2D eigenvalue weighted by Gasteiger charge is -2.09. The van der Waals surface area contributed by atoms with Crippen molar-refractivity contribution < 1.29 is 18.7 Å². The molecule has 1 N–H and O–H groups in total. The van der Waals surface area contributed by atoms with Crippen LogP contribution in [0.1, 0.15) is 25.6 Å². The van der Waals surface area contributed by atoms with E-state index in [1.165, 1.54) is 30.6 Å². The molecule has 0 aliphatic heterocycles. The van der Waals surface area contributed by atoms with Crippen LogP contribution in [0.3, 0.4) is 0 Å². The van der Waals surface area contributed by atoms with Gasteiger partial charge in [-0.3, -0.25) is 4.79 Å². The Morgan fingerprint density at radius 1 is 1.07 bits per heavy atom. The first-order chi connectivity index (χ1) is 12.9. The number of amides is 1. The SMILES string of the molecule is COC(=O)c1c(NC(=O)c2c(F)cccc2Cl)sc(C)c1-c1ccccc1. The van der Waals surface area contributed by atoms with E-state index in [1.807, 2.05) is 37.3 Å². The summed E-state index contributed by atoms with van der Waals surface area (Å²) in [6.45, 7) is 1.84. The van der Waals surface area contributed by atoms with E-state index in [9.17, 15) is 14.0 Å². The Bertz CT molecular complexity index is 997. The van der Waals surface area contributed by atoms with Gasteiger partial charge in [0.1, 0.15) is 16.4 Å². The highest BCUT2D eigenvalue weighted by Crippen LogP contribution is 2.40. The summed E-state index contributed by atoms with van der Waals surface area (Å²) in [6.07, 6.45) is 0. The van der Waals surface area contributed by atoms with Gasteiger partial charge in [0.15, 0.2) is 0 Å². The minimum Gasteiger partial charge on any atom is -0.465 e. The summed E-state index contributed by atoms with van der Waals surface area (Å²) in [7, 11) is 1.27. The Kier molecular flexibility index (Phi) is 5.58. The molecule has 0 radical (unpaired) electrons. The molecule has 3 rings (SSSR count). The maximum Gasteiger partial charge on any atom is 0.341 e. The van der Waals surface area contributed by atoms with Gasteiger partial charge in [-0.25, -0.2) is 9.18 Å². The van der Waals surface area contributed by atoms with Gasteiger partial charge in [0, 0.05) is 10.4 Å². The molecule has 0 saturated carbocycles. The summed E-state index contributed by atoms with van der Waals surface area (Å²) < 4.78 is 18.9. The largest absolute Gasteiger partial charge is 0.465 e. The van der Waals surface area contributed by atoms with Crippen molar-refractivity contribution in [3.8, 4) is 11.1 Å². The first kappa shape index (κ1) is 19.1. The van der Waals surface area contributed by atoms with E-state index in [4.69, 9.17) is 16.3 Å². The van der Waals surface area contributed by atoms with Gasteiger partial charge in [-0.1, -0.05) is 48.0 Å². The van der Waals surface area contributed by atoms with Crippen LogP contribution >= 0.6 is 22.9 Å². The molecule has 0 atom stereocenters. The van der Waals surface area contributed by atoms with Crippen molar-refractivity contribution in [2.45, 2.75) is 6.92 Å². The third-order valence-electron chi connectivity index (χ3n) is 3.95. The van der Waals surface area contributed by atoms with Gasteiger partial charge in [-0.05, 0) is 24.6 Å². The number of carbonyl (C=O) groups is 2. The minimum absolute atomic E-state index is 0.0105. The second kappa shape index (κ2) is 7.90. The van der Waals surface area contributed by atoms with Crippen molar-refractivity contribution in [3.05, 3.63) is 75.4 Å². The molecule has 3 aromatic rings. The number of ether oxygens (including phenoxy) is 1. The highest BCUT2D eigenvalue weighted by molar-refractivity contribution is 7.17. The molecule has 27 heavy (non-hydrogen) atoms. The lowest BCUT2D eigenvalue weighted by molar-refractivity contribution is 0.0603. The molecule has 138 valence electrons. The van der Waals surface area contributed by atoms with Crippen molar-refractivity contribution in [3.63, 3.8) is 0 Å². The molecule has 0 spiro atoms. The van der Waals surface area contributed by atoms with Gasteiger partial charge < -0.3 is 10.1 Å². The highest BCUT2D eigenvalue weighted by atomic mass is 35.5. The molecule has 0 unspecified atom stereocenters. The summed E-state index contributed by atoms with van der Waals surface area (Å²) >= 11 is 7.18. The lowest BCUT2D eigenvalue weighted by atomic mass is 10.0. The first-order valence-electron chi connectivity index (χ1n) is 7.96. The van der Waals surface area contributed by atoms with Gasteiger partial charge >= 0.3 is 5.97 Å². The molecular weight excluding hydrogens is 389 g/mol. The number of hydrogen-bond donors (Lipinski definition) is 1. The molecular formula is C20H15ClFNO3S. The van der Waals surface area contributed by atoms with E-state index in [-0.39, 0.29) is 21.2 Å². The zero-order chi connectivity index (χ0) is 19.6. The molecule has 0 bridgehead atoms. The maximum atomic E-state index is 14.0. The summed E-state index contributed by atoms with van der Waals surface area (Å²) in [5, 5.41) is 2.88. The fraction of sp³-hybridized carbons (Fsp3) is 0.100. The predicted octanol–water partition coefficient (Wildman–Crippen LogP) is 5.55. The van der Waals surface area contributed by atoms with Gasteiger partial charge in [-0.15, -0.1) is 11.3 Å². The van der Waals surface area contributed by atoms with Gasteiger partial charge in [-0.2, -0.15) is 0 Å². The Labute approximate surface area is 164 Å². The maximum absolute atomic E-state index is 14.0. The van der Waals surface area contributed by atoms with Crippen LogP contribution in [0.4, 0.5) is 9.39 Å². The number of hydrogen-bond acceptors (Lipinski definition) is 4. The quantitative estimate of drug-likeness (QED) is 0.580. The van der Waals surface area contributed by atoms with Gasteiger partial charge in [0.25, 0.3) is 5.91 Å². The van der Waals surface area contributed by atoms with Crippen LogP contribution in [0.2, 0.25) is 5.02 Å². The standard InChI is InChI=1S/C20H15ClFNO3S/c1-11-15(12-7-4-3-5-8-12)17(20(25)26-2)19(27-11)23-18(24)16-13(21)9-6-10-14(16)22/h3-10H,1-2H3,(H,23,24). The third kappa shape index (κ3) is 3.72. The normalized spacial score (nSPS) is 10.5. The second-order valence-electron chi connectivity index (χ2n) is 5.65. The van der Waals surface area contributed by atoms with E-state index in [0.29, 0.717) is 5.56 Å². The molecule has 0 fully saturated rings. The number of anilines is 1. The Morgan fingerprint density at radius 2 is 1.78 bits per heavy atom. The van der Waals surface area contributed by atoms with Crippen LogP contribution in [-0.2, 0) is 4.74 Å². The van der Waals surface area contributed by atoms with E-state index in [1.54, 1.807) is 0 Å². The van der Waals surface area contributed by atoms with Gasteiger partial charge in [0.05, 0.1) is 17.7 Å². The van der Waals surface area contributed by atoms with Crippen LogP contribution < -0.4 is 5.32 Å². The fourth-order valence-corrected chi connectivity index (χ4v) is 4.07. The van der Waals surface area contributed by atoms with E-state index in [2.05, 4.69) is 5.32 Å². The van der Waals surface area contributed by atoms with Crippen molar-refractivity contribution in [1.29, 1.82) is 0 Å². The molecule has 0 saturated heterocycles. The minimum atomic E-state index is -0.740. The van der Waals surface area contributed by atoms with Crippen LogP contribution in [0, 0.1) is 12.7 Å². The average molecular weight is 404 g/mol. The highest BCUT2D eigenvalue weighted by Gasteiger charge is 2.26. The van der Waals surface area contributed by atoms with Gasteiger partial charge in [0.2, 0.25) is 0 Å². The van der Waals surface area contributed by atoms with Crippen molar-refractivity contribution in [1.82, 2.24) is 0 Å². The summed E-state index contributed by atoms with van der Waals surface area (Å²) in [5.41, 5.74) is 1.44. The van der Waals surface area contributed by atoms with Crippen molar-refractivity contribution in [2.24, 2.45) is 0 Å². The number of carbonyl (C=O) groups excluding carboxylic acids is 2. The summed E-state index contributed by atoms with van der Waals surface area (Å²) in [5.74, 6) is -2.06. The van der Waals surface area contributed by atoms with Crippen molar-refractivity contribution >= 4 is 39.8 Å². The predicted molar refractivity (Wildman–Crippen MR) is 105 cm³/mol. The number of thiophene rings is 1. The molecule has 4 nitrogen and oxygen atoms in total. The number of halogens is 2. The monoisotopic (exact) mass is 403 g/mol. The van der Waals surface area contributed by atoms with Crippen LogP contribution in [0.25, 0.3) is 11.1 Å². The number of aryl methyl sites for hydroxylation is 1. The Hall–Kier alpha value is -2.70. The molecule has 1 amide bonds. The molecule has 0 aliphatic carbocycles. The van der Waals surface area contributed by atoms with Crippen molar-refractivity contribution in [2.75, 3.05) is 12.4 Å². The van der Waals surface area contributed by atoms with E-state index < -0.39 is 17.7 Å². The summed E-state index contributed by atoms with van der Waals surface area (Å²) in [6, 6.07) is 13.3. The number of esters is 1. The molecule has 1 aromatic heterocycles. The lowest BCUT2D eigenvalue weighted by Crippen LogP contribution is -2.16. The topological polar surface area (TPSA) is 55.4 Å². The molecule has 2 aromatic carbocycles. The van der Waals surface area contributed by atoms with Crippen LogP contribution in [-0.4, -0.2) is 19.0 Å². The molecule has 7 heteroatoms. The number of methoxy groups -OCH3 is 1. The number of nitrogens with one attached hydrogen (secondary N) is 1. The molecule has 0 aliphatic rings. The van der Waals surface area contributed by atoms with Crippen LogP contribution in [0.15, 0.2) is 48.5 Å². The van der Waals surface area contributed by atoms with E-state index in [0.717, 1.165) is 16.5 Å². The van der Waals surface area contributed by atoms with E-state index >= 15 is 0 Å². The smallest absolute Gasteiger partial charge is 0.341 e. The Balaban J connectivity index is 2.09. The number of rotatable bonds is 4. The average Bonchev–Trinajstić information content (AvgIpc) is 2.97. The number of benzene rings is 2. The molecule has 1 heterocycles. The second-order valence-corrected chi connectivity index (χ2v) is 7.28. The fourth-order valence-electron chi connectivity index (χ4n) is 2.76. The zero-order valence-electron chi connectivity index (χ0n) is 14.5. The summed E-state index contributed by atoms with van der Waals surface area (Å²) in [4.78, 5) is 25.8. The zero-order valence-corrected chi connectivity index (χ0v) is 16.1. The van der Waals surface area contributed by atoms with Crippen LogP contribution in [0.5, 0.6) is 0 Å². The first-order valence-corrected chi connectivity index (χ1v) is 9.16.